The van der Waals surface area contributed by atoms with Crippen LogP contribution < -0.4 is 5.73 Å². The average molecular weight is 341 g/mol. The summed E-state index contributed by atoms with van der Waals surface area (Å²) in [5.74, 6) is 0.752. The fraction of sp³-hybridized carbons (Fsp3) is 0.308. The first-order valence-electron chi connectivity index (χ1n) is 5.68. The summed E-state index contributed by atoms with van der Waals surface area (Å²) >= 11 is 2.24. The number of hydrogen-bond donors (Lipinski definition) is 1. The molecule has 0 aliphatic carbocycles. The molecular formula is C13H16IN3. The summed E-state index contributed by atoms with van der Waals surface area (Å²) in [6, 6.07) is 8.60. The van der Waals surface area contributed by atoms with Gasteiger partial charge in [0.1, 0.15) is 5.82 Å². The molecule has 0 fully saturated rings. The monoisotopic (exact) mass is 341 g/mol. The molecule has 0 bridgehead atoms. The maximum Gasteiger partial charge on any atom is 0.135 e. The smallest absolute Gasteiger partial charge is 0.135 e. The first-order valence-corrected chi connectivity index (χ1v) is 6.76. The van der Waals surface area contributed by atoms with Crippen molar-refractivity contribution < 1.29 is 0 Å². The standard InChI is InChI=1S/C13H16IN3/c1-3-10-4-6-11(7-5-10)8-17-13(15)12(14)9(2)16-17/h4-7H,3,8,15H2,1-2H3. The van der Waals surface area contributed by atoms with Crippen LogP contribution in [0.2, 0.25) is 0 Å². The number of nitrogens with two attached hydrogens (primary N) is 1. The van der Waals surface area contributed by atoms with E-state index in [-0.39, 0.29) is 0 Å². The Morgan fingerprint density at radius 2 is 1.82 bits per heavy atom. The molecule has 0 atom stereocenters. The highest BCUT2D eigenvalue weighted by Gasteiger charge is 2.09. The third-order valence-electron chi connectivity index (χ3n) is 2.85. The highest BCUT2D eigenvalue weighted by molar-refractivity contribution is 14.1. The molecule has 0 amide bonds. The minimum Gasteiger partial charge on any atom is -0.383 e. The normalized spacial score (nSPS) is 10.8. The fourth-order valence-corrected chi connectivity index (χ4v) is 2.14. The molecule has 17 heavy (non-hydrogen) atoms. The maximum absolute atomic E-state index is 6.00. The lowest BCUT2D eigenvalue weighted by atomic mass is 10.1. The Hall–Kier alpha value is -1.04. The zero-order chi connectivity index (χ0) is 12.4. The van der Waals surface area contributed by atoms with Crippen molar-refractivity contribution in [2.75, 3.05) is 5.73 Å². The van der Waals surface area contributed by atoms with Crippen LogP contribution in [0.5, 0.6) is 0 Å². The Kier molecular flexibility index (Phi) is 3.71. The topological polar surface area (TPSA) is 43.8 Å². The van der Waals surface area contributed by atoms with Gasteiger partial charge in [-0.15, -0.1) is 0 Å². The first kappa shape index (κ1) is 12.4. The van der Waals surface area contributed by atoms with Crippen LogP contribution in [0.4, 0.5) is 5.82 Å². The lowest BCUT2D eigenvalue weighted by Crippen LogP contribution is -2.06. The van der Waals surface area contributed by atoms with E-state index >= 15 is 0 Å². The van der Waals surface area contributed by atoms with Crippen molar-refractivity contribution in [2.45, 2.75) is 26.8 Å². The summed E-state index contributed by atoms with van der Waals surface area (Å²) in [7, 11) is 0. The number of hydrogen-bond acceptors (Lipinski definition) is 2. The highest BCUT2D eigenvalue weighted by atomic mass is 127. The molecule has 3 nitrogen and oxygen atoms in total. The summed E-state index contributed by atoms with van der Waals surface area (Å²) in [4.78, 5) is 0. The zero-order valence-corrected chi connectivity index (χ0v) is 12.2. The Labute approximate surface area is 115 Å². The number of rotatable bonds is 3. The quantitative estimate of drug-likeness (QED) is 0.873. The van der Waals surface area contributed by atoms with E-state index in [4.69, 9.17) is 5.73 Å². The molecule has 2 rings (SSSR count). The van der Waals surface area contributed by atoms with Gasteiger partial charge in [-0.05, 0) is 47.1 Å². The van der Waals surface area contributed by atoms with Gasteiger partial charge in [-0.3, -0.25) is 0 Å². The Balaban J connectivity index is 2.22. The van der Waals surface area contributed by atoms with E-state index in [2.05, 4.69) is 58.9 Å². The lowest BCUT2D eigenvalue weighted by Gasteiger charge is -2.05. The molecule has 1 aromatic heterocycles. The summed E-state index contributed by atoms with van der Waals surface area (Å²) in [6.07, 6.45) is 1.07. The van der Waals surface area contributed by atoms with Gasteiger partial charge in [0.2, 0.25) is 0 Å². The average Bonchev–Trinajstić information content (AvgIpc) is 2.58. The van der Waals surface area contributed by atoms with Crippen LogP contribution in [0, 0.1) is 10.5 Å². The molecule has 4 heteroatoms. The molecule has 1 heterocycles. The molecule has 0 aliphatic rings. The maximum atomic E-state index is 6.00. The predicted octanol–water partition coefficient (Wildman–Crippen LogP) is 2.99. The second-order valence-electron chi connectivity index (χ2n) is 4.11. The van der Waals surface area contributed by atoms with E-state index in [1.165, 1.54) is 11.1 Å². The van der Waals surface area contributed by atoms with Gasteiger partial charge in [0.15, 0.2) is 0 Å². The second-order valence-corrected chi connectivity index (χ2v) is 5.19. The molecule has 2 N–H and O–H groups in total. The van der Waals surface area contributed by atoms with Gasteiger partial charge in [0.05, 0.1) is 15.8 Å². The Morgan fingerprint density at radius 3 is 2.29 bits per heavy atom. The molecule has 0 aliphatic heterocycles. The Morgan fingerprint density at radius 1 is 1.24 bits per heavy atom. The van der Waals surface area contributed by atoms with Gasteiger partial charge in [-0.1, -0.05) is 31.2 Å². The number of aryl methyl sites for hydroxylation is 2. The molecule has 0 saturated carbocycles. The first-order chi connectivity index (χ1) is 8.11. The van der Waals surface area contributed by atoms with E-state index < -0.39 is 0 Å². The van der Waals surface area contributed by atoms with Crippen molar-refractivity contribution in [3.8, 4) is 0 Å². The zero-order valence-electron chi connectivity index (χ0n) is 10.1. The van der Waals surface area contributed by atoms with E-state index in [1.807, 2.05) is 11.6 Å². The number of aromatic nitrogens is 2. The van der Waals surface area contributed by atoms with Crippen LogP contribution in [-0.4, -0.2) is 9.78 Å². The summed E-state index contributed by atoms with van der Waals surface area (Å²) in [5, 5.41) is 4.43. The minimum atomic E-state index is 0.736. The van der Waals surface area contributed by atoms with Gasteiger partial charge in [0.25, 0.3) is 0 Å². The third kappa shape index (κ3) is 2.62. The molecule has 0 spiro atoms. The van der Waals surface area contributed by atoms with Crippen LogP contribution in [-0.2, 0) is 13.0 Å². The molecule has 90 valence electrons. The Bertz CT molecular complexity index is 514. The number of halogens is 1. The highest BCUT2D eigenvalue weighted by Crippen LogP contribution is 2.19. The van der Waals surface area contributed by atoms with E-state index in [9.17, 15) is 0 Å². The third-order valence-corrected chi connectivity index (χ3v) is 4.19. The lowest BCUT2D eigenvalue weighted by molar-refractivity contribution is 0.689. The van der Waals surface area contributed by atoms with E-state index in [0.717, 1.165) is 28.0 Å². The second kappa shape index (κ2) is 5.08. The van der Waals surface area contributed by atoms with Gasteiger partial charge in [0, 0.05) is 0 Å². The molecule has 0 saturated heterocycles. The van der Waals surface area contributed by atoms with Crippen molar-refractivity contribution in [1.29, 1.82) is 0 Å². The molecule has 1 aromatic carbocycles. The van der Waals surface area contributed by atoms with Crippen molar-refractivity contribution >= 4 is 28.4 Å². The minimum absolute atomic E-state index is 0.736. The predicted molar refractivity (Wildman–Crippen MR) is 79.0 cm³/mol. The van der Waals surface area contributed by atoms with Crippen LogP contribution in [0.25, 0.3) is 0 Å². The largest absolute Gasteiger partial charge is 0.383 e. The van der Waals surface area contributed by atoms with Crippen LogP contribution in [0.3, 0.4) is 0 Å². The number of anilines is 1. The van der Waals surface area contributed by atoms with Crippen molar-refractivity contribution in [3.63, 3.8) is 0 Å². The fourth-order valence-electron chi connectivity index (χ4n) is 1.75. The summed E-state index contributed by atoms with van der Waals surface area (Å²) in [6.45, 7) is 4.88. The molecular weight excluding hydrogens is 325 g/mol. The summed E-state index contributed by atoms with van der Waals surface area (Å²) < 4.78 is 2.91. The van der Waals surface area contributed by atoms with Gasteiger partial charge in [-0.2, -0.15) is 5.10 Å². The molecule has 0 unspecified atom stereocenters. The summed E-state index contributed by atoms with van der Waals surface area (Å²) in [5.41, 5.74) is 9.58. The van der Waals surface area contributed by atoms with E-state index in [1.54, 1.807) is 0 Å². The number of nitrogen functional groups attached to an aromatic ring is 1. The van der Waals surface area contributed by atoms with Crippen LogP contribution >= 0.6 is 22.6 Å². The van der Waals surface area contributed by atoms with Gasteiger partial charge < -0.3 is 5.73 Å². The number of benzene rings is 1. The van der Waals surface area contributed by atoms with Crippen molar-refractivity contribution in [1.82, 2.24) is 9.78 Å². The van der Waals surface area contributed by atoms with Gasteiger partial charge >= 0.3 is 0 Å². The molecule has 2 aromatic rings. The number of nitrogens with zero attached hydrogens (tertiary/aromatic N) is 2. The molecule has 0 radical (unpaired) electrons. The van der Waals surface area contributed by atoms with Gasteiger partial charge in [-0.25, -0.2) is 4.68 Å². The van der Waals surface area contributed by atoms with E-state index in [0.29, 0.717) is 0 Å². The SMILES string of the molecule is CCc1ccc(Cn2nc(C)c(I)c2N)cc1. The van der Waals surface area contributed by atoms with Crippen LogP contribution in [0.15, 0.2) is 24.3 Å². The van der Waals surface area contributed by atoms with Crippen molar-refractivity contribution in [2.24, 2.45) is 0 Å². The van der Waals surface area contributed by atoms with Crippen LogP contribution in [0.1, 0.15) is 23.7 Å². The van der Waals surface area contributed by atoms with Crippen molar-refractivity contribution in [3.05, 3.63) is 44.7 Å².